The van der Waals surface area contributed by atoms with Gasteiger partial charge in [0.25, 0.3) is 0 Å². The Labute approximate surface area is 162 Å². The third kappa shape index (κ3) is 6.47. The quantitative estimate of drug-likeness (QED) is 0.568. The van der Waals surface area contributed by atoms with E-state index in [-0.39, 0.29) is 5.82 Å². The van der Waals surface area contributed by atoms with E-state index in [4.69, 9.17) is 9.73 Å². The molecule has 5 nitrogen and oxygen atoms in total. The standard InChI is InChI=1S/C21H33FN4O/c1-2-23-21(25-15-19-7-5-13-27-19)24-14-17-9-11-26(12-10-17)16-18-6-3-4-8-20(18)22/h3-4,6,8,17,19H,2,5,7,9-16H2,1H3,(H2,23,24,25). The Morgan fingerprint density at radius 3 is 2.74 bits per heavy atom. The van der Waals surface area contributed by atoms with Gasteiger partial charge in [-0.05, 0) is 57.7 Å². The largest absolute Gasteiger partial charge is 0.376 e. The molecule has 1 atom stereocenters. The maximum absolute atomic E-state index is 13.8. The van der Waals surface area contributed by atoms with Crippen LogP contribution in [-0.2, 0) is 11.3 Å². The van der Waals surface area contributed by atoms with Gasteiger partial charge in [0, 0.05) is 38.3 Å². The summed E-state index contributed by atoms with van der Waals surface area (Å²) >= 11 is 0. The first-order valence-corrected chi connectivity index (χ1v) is 10.3. The van der Waals surface area contributed by atoms with Crippen LogP contribution in [0.25, 0.3) is 0 Å². The summed E-state index contributed by atoms with van der Waals surface area (Å²) in [5.41, 5.74) is 0.793. The number of aliphatic imine (C=N–C) groups is 1. The minimum atomic E-state index is -0.100. The summed E-state index contributed by atoms with van der Waals surface area (Å²) in [7, 11) is 0. The van der Waals surface area contributed by atoms with Gasteiger partial charge in [-0.3, -0.25) is 9.89 Å². The molecule has 3 rings (SSSR count). The molecule has 27 heavy (non-hydrogen) atoms. The molecule has 1 aromatic rings. The first-order valence-electron chi connectivity index (χ1n) is 10.3. The Morgan fingerprint density at radius 1 is 1.22 bits per heavy atom. The maximum atomic E-state index is 13.8. The maximum Gasteiger partial charge on any atom is 0.191 e. The number of hydrogen-bond acceptors (Lipinski definition) is 3. The summed E-state index contributed by atoms with van der Waals surface area (Å²) in [5.74, 6) is 1.39. The second-order valence-corrected chi connectivity index (χ2v) is 7.55. The van der Waals surface area contributed by atoms with Gasteiger partial charge in [-0.25, -0.2) is 4.39 Å². The zero-order valence-corrected chi connectivity index (χ0v) is 16.4. The smallest absolute Gasteiger partial charge is 0.191 e. The normalized spacial score (nSPS) is 22.1. The molecule has 2 saturated heterocycles. The van der Waals surface area contributed by atoms with Crippen molar-refractivity contribution in [3.05, 3.63) is 35.6 Å². The first kappa shape index (κ1) is 20.1. The van der Waals surface area contributed by atoms with E-state index in [1.165, 1.54) is 0 Å². The second kappa shape index (κ2) is 10.6. The van der Waals surface area contributed by atoms with Crippen LogP contribution in [0, 0.1) is 11.7 Å². The van der Waals surface area contributed by atoms with E-state index in [0.29, 0.717) is 18.6 Å². The summed E-state index contributed by atoms with van der Waals surface area (Å²) in [4.78, 5) is 7.13. The van der Waals surface area contributed by atoms with Gasteiger partial charge >= 0.3 is 0 Å². The van der Waals surface area contributed by atoms with Crippen LogP contribution in [-0.4, -0.2) is 56.3 Å². The van der Waals surface area contributed by atoms with Gasteiger partial charge in [0.1, 0.15) is 5.82 Å². The van der Waals surface area contributed by atoms with Crippen LogP contribution in [0.5, 0.6) is 0 Å². The molecule has 0 aromatic heterocycles. The minimum absolute atomic E-state index is 0.100. The van der Waals surface area contributed by atoms with Crippen molar-refractivity contribution in [3.63, 3.8) is 0 Å². The number of hydrogen-bond donors (Lipinski definition) is 2. The summed E-state index contributed by atoms with van der Waals surface area (Å²) in [6, 6.07) is 7.08. The van der Waals surface area contributed by atoms with E-state index >= 15 is 0 Å². The van der Waals surface area contributed by atoms with E-state index in [1.54, 1.807) is 12.1 Å². The molecule has 1 unspecified atom stereocenters. The Bertz CT molecular complexity index is 596. The fourth-order valence-corrected chi connectivity index (χ4v) is 3.77. The van der Waals surface area contributed by atoms with E-state index in [0.717, 1.165) is 76.5 Å². The van der Waals surface area contributed by atoms with Crippen LogP contribution < -0.4 is 10.6 Å². The molecule has 1 aromatic carbocycles. The van der Waals surface area contributed by atoms with Crippen LogP contribution in [0.4, 0.5) is 4.39 Å². The fraction of sp³-hybridized carbons (Fsp3) is 0.667. The van der Waals surface area contributed by atoms with Crippen LogP contribution in [0.2, 0.25) is 0 Å². The molecule has 0 radical (unpaired) electrons. The number of nitrogens with one attached hydrogen (secondary N) is 2. The van der Waals surface area contributed by atoms with Crippen molar-refractivity contribution in [3.8, 4) is 0 Å². The molecule has 150 valence electrons. The third-order valence-corrected chi connectivity index (χ3v) is 5.43. The van der Waals surface area contributed by atoms with E-state index in [2.05, 4.69) is 22.5 Å². The molecular weight excluding hydrogens is 343 g/mol. The zero-order chi connectivity index (χ0) is 18.9. The number of rotatable bonds is 7. The average Bonchev–Trinajstić information content (AvgIpc) is 3.21. The first-order chi connectivity index (χ1) is 13.2. The number of benzene rings is 1. The predicted molar refractivity (Wildman–Crippen MR) is 107 cm³/mol. The molecule has 0 spiro atoms. The number of nitrogens with zero attached hydrogens (tertiary/aromatic N) is 2. The topological polar surface area (TPSA) is 48.9 Å². The van der Waals surface area contributed by atoms with Crippen LogP contribution in [0.1, 0.15) is 38.2 Å². The van der Waals surface area contributed by atoms with Gasteiger partial charge in [0.15, 0.2) is 5.96 Å². The summed E-state index contributed by atoms with van der Waals surface area (Å²) in [6.07, 6.45) is 4.83. The molecule has 0 bridgehead atoms. The van der Waals surface area contributed by atoms with Crippen molar-refractivity contribution in [1.29, 1.82) is 0 Å². The Morgan fingerprint density at radius 2 is 2.04 bits per heavy atom. The number of likely N-dealkylation sites (tertiary alicyclic amines) is 1. The van der Waals surface area contributed by atoms with Gasteiger partial charge in [0.05, 0.1) is 6.10 Å². The number of piperidine rings is 1. The molecule has 2 aliphatic rings. The lowest BCUT2D eigenvalue weighted by atomic mass is 9.96. The highest BCUT2D eigenvalue weighted by atomic mass is 19.1. The molecule has 0 amide bonds. The number of guanidine groups is 1. The Hall–Kier alpha value is -1.66. The molecule has 2 fully saturated rings. The van der Waals surface area contributed by atoms with Gasteiger partial charge < -0.3 is 15.4 Å². The highest BCUT2D eigenvalue weighted by Crippen LogP contribution is 2.20. The van der Waals surface area contributed by atoms with E-state index < -0.39 is 0 Å². The molecule has 2 heterocycles. The van der Waals surface area contributed by atoms with Gasteiger partial charge in [-0.2, -0.15) is 0 Å². The summed E-state index contributed by atoms with van der Waals surface area (Å²) in [5, 5.41) is 6.74. The van der Waals surface area contributed by atoms with Crippen LogP contribution >= 0.6 is 0 Å². The van der Waals surface area contributed by atoms with Gasteiger partial charge in [0.2, 0.25) is 0 Å². The van der Waals surface area contributed by atoms with Crippen LogP contribution in [0.15, 0.2) is 29.3 Å². The lowest BCUT2D eigenvalue weighted by Gasteiger charge is -2.31. The predicted octanol–water partition coefficient (Wildman–Crippen LogP) is 2.77. The average molecular weight is 377 g/mol. The van der Waals surface area contributed by atoms with Crippen molar-refractivity contribution in [1.82, 2.24) is 15.5 Å². The third-order valence-electron chi connectivity index (χ3n) is 5.43. The molecule has 2 N–H and O–H groups in total. The minimum Gasteiger partial charge on any atom is -0.376 e. The highest BCUT2D eigenvalue weighted by Gasteiger charge is 2.20. The van der Waals surface area contributed by atoms with Gasteiger partial charge in [-0.15, -0.1) is 0 Å². The molecule has 0 saturated carbocycles. The van der Waals surface area contributed by atoms with Crippen LogP contribution in [0.3, 0.4) is 0 Å². The zero-order valence-electron chi connectivity index (χ0n) is 16.4. The van der Waals surface area contributed by atoms with Crippen molar-refractivity contribution in [2.75, 3.05) is 39.3 Å². The number of ether oxygens (including phenoxy) is 1. The fourth-order valence-electron chi connectivity index (χ4n) is 3.77. The second-order valence-electron chi connectivity index (χ2n) is 7.55. The van der Waals surface area contributed by atoms with E-state index in [9.17, 15) is 4.39 Å². The molecular formula is C21H33FN4O. The lowest BCUT2D eigenvalue weighted by molar-refractivity contribution is 0.113. The summed E-state index contributed by atoms with van der Waals surface area (Å²) in [6.45, 7) is 8.22. The highest BCUT2D eigenvalue weighted by molar-refractivity contribution is 5.79. The summed E-state index contributed by atoms with van der Waals surface area (Å²) < 4.78 is 19.5. The number of halogens is 1. The van der Waals surface area contributed by atoms with Crippen molar-refractivity contribution in [2.24, 2.45) is 10.9 Å². The monoisotopic (exact) mass is 376 g/mol. The molecule has 2 aliphatic heterocycles. The van der Waals surface area contributed by atoms with Gasteiger partial charge in [-0.1, -0.05) is 18.2 Å². The van der Waals surface area contributed by atoms with E-state index in [1.807, 2.05) is 12.1 Å². The van der Waals surface area contributed by atoms with Crippen molar-refractivity contribution < 1.29 is 9.13 Å². The van der Waals surface area contributed by atoms with Crippen molar-refractivity contribution >= 4 is 5.96 Å². The Balaban J connectivity index is 1.41. The Kier molecular flexibility index (Phi) is 7.90. The lowest BCUT2D eigenvalue weighted by Crippen LogP contribution is -2.41. The SMILES string of the molecule is CCNC(=NCC1CCN(Cc2ccccc2F)CC1)NCC1CCCO1. The molecule has 6 heteroatoms. The van der Waals surface area contributed by atoms with Crippen molar-refractivity contribution in [2.45, 2.75) is 45.3 Å². The molecule has 0 aliphatic carbocycles.